The van der Waals surface area contributed by atoms with Gasteiger partial charge in [-0.3, -0.25) is 0 Å². The van der Waals surface area contributed by atoms with Gasteiger partial charge in [0.15, 0.2) is 0 Å². The van der Waals surface area contributed by atoms with E-state index in [2.05, 4.69) is 20.1 Å². The largest absolute Gasteiger partial charge is 0.514 e. The van der Waals surface area contributed by atoms with Gasteiger partial charge in [-0.05, 0) is 25.2 Å². The Bertz CT molecular complexity index is 946. The molecule has 0 amide bonds. The number of hydrogen-bond acceptors (Lipinski definition) is 6. The Balaban J connectivity index is 2.11. The Morgan fingerprint density at radius 2 is 1.48 bits per heavy atom. The molecule has 6 nitrogen and oxygen atoms in total. The molecule has 2 aromatic rings. The number of ether oxygens (including phenoxy) is 4. The summed E-state index contributed by atoms with van der Waals surface area (Å²) in [5.74, 6) is 1.29. The quantitative estimate of drug-likeness (QED) is 0.371. The second-order valence-electron chi connectivity index (χ2n) is 6.91. The smallest absolute Gasteiger partial charge is 0.430 e. The second-order valence-corrected chi connectivity index (χ2v) is 6.91. The van der Waals surface area contributed by atoms with Crippen molar-refractivity contribution in [3.05, 3.63) is 60.7 Å². The van der Waals surface area contributed by atoms with E-state index >= 15 is 0 Å². The van der Waals surface area contributed by atoms with Crippen LogP contribution in [0.1, 0.15) is 24.5 Å². The van der Waals surface area contributed by atoms with Crippen molar-refractivity contribution >= 4 is 23.1 Å². The van der Waals surface area contributed by atoms with Crippen molar-refractivity contribution in [2.24, 2.45) is 5.92 Å². The molecule has 1 aliphatic carbocycles. The van der Waals surface area contributed by atoms with Crippen molar-refractivity contribution in [3.63, 3.8) is 0 Å². The molecule has 0 N–H and O–H groups in total. The molecule has 152 valence electrons. The fourth-order valence-electron chi connectivity index (χ4n) is 3.51. The number of fused-ring (bicyclic) bond motifs is 2. The van der Waals surface area contributed by atoms with E-state index < -0.39 is 12.3 Å². The fourth-order valence-corrected chi connectivity index (χ4v) is 3.51. The monoisotopic (exact) mass is 396 g/mol. The zero-order chi connectivity index (χ0) is 20.8. The van der Waals surface area contributed by atoms with Crippen molar-refractivity contribution in [2.45, 2.75) is 26.2 Å². The van der Waals surface area contributed by atoms with Gasteiger partial charge in [0.1, 0.15) is 24.7 Å². The lowest BCUT2D eigenvalue weighted by Crippen LogP contribution is -2.19. The van der Waals surface area contributed by atoms with Gasteiger partial charge in [-0.25, -0.2) is 9.59 Å². The molecule has 0 radical (unpaired) electrons. The normalized spacial score (nSPS) is 15.1. The summed E-state index contributed by atoms with van der Waals surface area (Å²) in [7, 11) is 0. The van der Waals surface area contributed by atoms with E-state index in [1.165, 1.54) is 12.2 Å². The molecule has 0 saturated carbocycles. The maximum atomic E-state index is 12.2. The molecule has 1 atom stereocenters. The Hall–Kier alpha value is -3.28. The zero-order valence-corrected chi connectivity index (χ0v) is 16.4. The lowest BCUT2D eigenvalue weighted by Gasteiger charge is -2.27. The third-order valence-corrected chi connectivity index (χ3v) is 4.78. The first kappa shape index (κ1) is 20.5. The van der Waals surface area contributed by atoms with E-state index in [1.54, 1.807) is 0 Å². The van der Waals surface area contributed by atoms with Crippen molar-refractivity contribution < 1.29 is 28.5 Å². The molecule has 0 heterocycles. The molecule has 29 heavy (non-hydrogen) atoms. The topological polar surface area (TPSA) is 71.1 Å². The summed E-state index contributed by atoms with van der Waals surface area (Å²) in [4.78, 5) is 24.3. The average molecular weight is 396 g/mol. The van der Waals surface area contributed by atoms with Crippen LogP contribution >= 0.6 is 0 Å². The van der Waals surface area contributed by atoms with Crippen LogP contribution in [0.3, 0.4) is 0 Å². The Morgan fingerprint density at radius 1 is 0.966 bits per heavy atom. The predicted octanol–water partition coefficient (Wildman–Crippen LogP) is 5.37. The zero-order valence-electron chi connectivity index (χ0n) is 16.4. The standard InChI is InChI=1S/C23H24O6/c1-4-12-26-22(24)28-20-16-8-6-7-9-17(16)21(29-23(25)27-13-5-2)19-14-15(3)10-11-18(19)20/h4-9,15H,1-2,10-14H2,3H3. The van der Waals surface area contributed by atoms with Crippen molar-refractivity contribution in [1.82, 2.24) is 0 Å². The first-order valence-corrected chi connectivity index (χ1v) is 9.52. The number of benzene rings is 2. The van der Waals surface area contributed by atoms with Gasteiger partial charge in [0, 0.05) is 21.9 Å². The number of rotatable bonds is 6. The van der Waals surface area contributed by atoms with Crippen LogP contribution < -0.4 is 9.47 Å². The summed E-state index contributed by atoms with van der Waals surface area (Å²) in [6.07, 6.45) is 3.69. The highest BCUT2D eigenvalue weighted by atomic mass is 16.7. The lowest BCUT2D eigenvalue weighted by molar-refractivity contribution is 0.107. The molecule has 6 heteroatoms. The average Bonchev–Trinajstić information content (AvgIpc) is 2.72. The Morgan fingerprint density at radius 3 is 2.00 bits per heavy atom. The molecule has 0 saturated heterocycles. The number of carbonyl (C=O) groups excluding carboxylic acids is 2. The maximum Gasteiger partial charge on any atom is 0.514 e. The highest BCUT2D eigenvalue weighted by Gasteiger charge is 2.29. The van der Waals surface area contributed by atoms with Gasteiger partial charge in [-0.1, -0.05) is 56.5 Å². The molecule has 0 spiro atoms. The van der Waals surface area contributed by atoms with Crippen molar-refractivity contribution in [1.29, 1.82) is 0 Å². The highest BCUT2D eigenvalue weighted by molar-refractivity contribution is 5.98. The molecule has 0 aromatic heterocycles. The first-order valence-electron chi connectivity index (χ1n) is 9.52. The van der Waals surface area contributed by atoms with Crippen LogP contribution in [0.15, 0.2) is 49.6 Å². The maximum absolute atomic E-state index is 12.2. The third-order valence-electron chi connectivity index (χ3n) is 4.78. The van der Waals surface area contributed by atoms with Crippen LogP contribution in [0.4, 0.5) is 9.59 Å². The second kappa shape index (κ2) is 9.28. The highest BCUT2D eigenvalue weighted by Crippen LogP contribution is 2.45. The van der Waals surface area contributed by atoms with Crippen LogP contribution in [0, 0.1) is 5.92 Å². The van der Waals surface area contributed by atoms with E-state index in [9.17, 15) is 9.59 Å². The van der Waals surface area contributed by atoms with E-state index in [0.29, 0.717) is 41.0 Å². The van der Waals surface area contributed by atoms with Crippen LogP contribution in [0.2, 0.25) is 0 Å². The van der Waals surface area contributed by atoms with Gasteiger partial charge in [0.05, 0.1) is 0 Å². The molecule has 1 unspecified atom stereocenters. The van der Waals surface area contributed by atoms with Crippen LogP contribution in [0.5, 0.6) is 11.5 Å². The SMILES string of the molecule is C=CCOC(=O)Oc1c2c(c(OC(=O)OCC=C)c3ccccc13)CC(C)CC2. The molecule has 0 aliphatic heterocycles. The van der Waals surface area contributed by atoms with Crippen LogP contribution in [-0.4, -0.2) is 25.5 Å². The lowest BCUT2D eigenvalue weighted by atomic mass is 9.82. The molecule has 1 aliphatic rings. The summed E-state index contributed by atoms with van der Waals surface area (Å²) in [5.41, 5.74) is 1.70. The minimum absolute atomic E-state index is 0.0612. The predicted molar refractivity (Wildman–Crippen MR) is 109 cm³/mol. The van der Waals surface area contributed by atoms with Crippen LogP contribution in [-0.2, 0) is 22.3 Å². The molecule has 2 aromatic carbocycles. The third kappa shape index (κ3) is 4.59. The summed E-state index contributed by atoms with van der Waals surface area (Å²) >= 11 is 0. The van der Waals surface area contributed by atoms with E-state index in [1.807, 2.05) is 24.3 Å². The summed E-state index contributed by atoms with van der Waals surface area (Å²) in [5, 5.41) is 1.34. The Kier molecular flexibility index (Phi) is 6.54. The van der Waals surface area contributed by atoms with E-state index in [-0.39, 0.29) is 13.2 Å². The van der Waals surface area contributed by atoms with Gasteiger partial charge in [-0.15, -0.1) is 0 Å². The molecule has 0 fully saturated rings. The van der Waals surface area contributed by atoms with Gasteiger partial charge < -0.3 is 18.9 Å². The Labute approximate surface area is 169 Å². The summed E-state index contributed by atoms with van der Waals surface area (Å²) in [6.45, 7) is 9.32. The number of carbonyl (C=O) groups is 2. The fraction of sp³-hybridized carbons (Fsp3) is 0.304. The van der Waals surface area contributed by atoms with E-state index in [4.69, 9.17) is 18.9 Å². The molecular formula is C23H24O6. The van der Waals surface area contributed by atoms with Gasteiger partial charge in [0.25, 0.3) is 0 Å². The van der Waals surface area contributed by atoms with Crippen molar-refractivity contribution in [2.75, 3.05) is 13.2 Å². The van der Waals surface area contributed by atoms with Crippen LogP contribution in [0.25, 0.3) is 10.8 Å². The summed E-state index contributed by atoms with van der Waals surface area (Å²) in [6, 6.07) is 7.32. The minimum Gasteiger partial charge on any atom is -0.430 e. The molecule has 3 rings (SSSR count). The molecular weight excluding hydrogens is 372 g/mol. The van der Waals surface area contributed by atoms with Gasteiger partial charge in [0.2, 0.25) is 0 Å². The molecule has 0 bridgehead atoms. The first-order chi connectivity index (χ1) is 14.0. The van der Waals surface area contributed by atoms with Gasteiger partial charge in [-0.2, -0.15) is 0 Å². The minimum atomic E-state index is -0.797. The van der Waals surface area contributed by atoms with Gasteiger partial charge >= 0.3 is 12.3 Å². The van der Waals surface area contributed by atoms with E-state index in [0.717, 1.165) is 17.5 Å². The van der Waals surface area contributed by atoms with Crippen molar-refractivity contribution in [3.8, 4) is 11.5 Å². The number of hydrogen-bond donors (Lipinski definition) is 0. The summed E-state index contributed by atoms with van der Waals surface area (Å²) < 4.78 is 21.2.